The zero-order valence-corrected chi connectivity index (χ0v) is 12.4. The molecule has 0 amide bonds. The predicted octanol–water partition coefficient (Wildman–Crippen LogP) is 3.11. The fraction of sp³-hybridized carbons (Fsp3) is 0.500. The van der Waals surface area contributed by atoms with Gasteiger partial charge in [0.05, 0.1) is 5.52 Å². The minimum Gasteiger partial charge on any atom is -0.330 e. The van der Waals surface area contributed by atoms with Gasteiger partial charge in [0, 0.05) is 23.7 Å². The van der Waals surface area contributed by atoms with Crippen molar-refractivity contribution >= 4 is 10.9 Å². The molecule has 1 aromatic carbocycles. The fourth-order valence-corrected chi connectivity index (χ4v) is 3.91. The number of fused-ring (bicyclic) bond motifs is 1. The number of rotatable bonds is 3. The van der Waals surface area contributed by atoms with Crippen molar-refractivity contribution in [1.29, 1.82) is 0 Å². The number of pyridine rings is 1. The number of aromatic nitrogens is 1. The third-order valence-corrected chi connectivity index (χ3v) is 5.08. The molecule has 110 valence electrons. The molecule has 2 aliphatic rings. The van der Waals surface area contributed by atoms with Gasteiger partial charge in [0.1, 0.15) is 0 Å². The number of hydrogen-bond donors (Lipinski definition) is 1. The lowest BCUT2D eigenvalue weighted by Gasteiger charge is -2.41. The van der Waals surface area contributed by atoms with Crippen LogP contribution in [-0.2, 0) is 0 Å². The lowest BCUT2D eigenvalue weighted by Crippen LogP contribution is -2.42. The van der Waals surface area contributed by atoms with Crippen LogP contribution in [0.5, 0.6) is 0 Å². The molecule has 3 heteroatoms. The molecule has 1 aromatic heterocycles. The quantitative estimate of drug-likeness (QED) is 0.940. The van der Waals surface area contributed by atoms with Crippen LogP contribution in [0.1, 0.15) is 37.3 Å². The Morgan fingerprint density at radius 1 is 1.19 bits per heavy atom. The molecule has 1 aliphatic heterocycles. The van der Waals surface area contributed by atoms with E-state index < -0.39 is 0 Å². The normalized spacial score (nSPS) is 27.1. The number of hydrogen-bond acceptors (Lipinski definition) is 3. The van der Waals surface area contributed by atoms with Crippen LogP contribution < -0.4 is 5.73 Å². The summed E-state index contributed by atoms with van der Waals surface area (Å²) < 4.78 is 0. The summed E-state index contributed by atoms with van der Waals surface area (Å²) in [7, 11) is 0. The summed E-state index contributed by atoms with van der Waals surface area (Å²) in [5, 5.41) is 1.24. The molecular weight excluding hydrogens is 258 g/mol. The number of likely N-dealkylation sites (tertiary alicyclic amines) is 1. The molecule has 4 rings (SSSR count). The van der Waals surface area contributed by atoms with Crippen LogP contribution in [-0.4, -0.2) is 29.0 Å². The van der Waals surface area contributed by atoms with Gasteiger partial charge in [0.15, 0.2) is 0 Å². The summed E-state index contributed by atoms with van der Waals surface area (Å²) in [4.78, 5) is 7.16. The number of nitrogens with two attached hydrogens (primary N) is 1. The Bertz CT molecular complexity index is 635. The van der Waals surface area contributed by atoms with E-state index in [0.29, 0.717) is 12.0 Å². The molecule has 2 heterocycles. The molecule has 1 saturated carbocycles. The van der Waals surface area contributed by atoms with Crippen molar-refractivity contribution in [3.63, 3.8) is 0 Å². The molecule has 1 saturated heterocycles. The molecule has 1 aliphatic carbocycles. The van der Waals surface area contributed by atoms with Crippen molar-refractivity contribution < 1.29 is 0 Å². The zero-order valence-electron chi connectivity index (χ0n) is 12.4. The van der Waals surface area contributed by atoms with E-state index in [2.05, 4.69) is 34.1 Å². The van der Waals surface area contributed by atoms with Crippen LogP contribution in [0.3, 0.4) is 0 Å². The Morgan fingerprint density at radius 3 is 2.90 bits per heavy atom. The van der Waals surface area contributed by atoms with Crippen molar-refractivity contribution in [1.82, 2.24) is 9.88 Å². The van der Waals surface area contributed by atoms with E-state index in [4.69, 9.17) is 5.73 Å². The molecule has 0 spiro atoms. The second-order valence-corrected chi connectivity index (χ2v) is 6.51. The first-order valence-corrected chi connectivity index (χ1v) is 8.17. The van der Waals surface area contributed by atoms with Gasteiger partial charge in [-0.15, -0.1) is 0 Å². The van der Waals surface area contributed by atoms with Gasteiger partial charge in [0.2, 0.25) is 0 Å². The van der Waals surface area contributed by atoms with E-state index in [1.54, 1.807) is 0 Å². The van der Waals surface area contributed by atoms with E-state index in [-0.39, 0.29) is 0 Å². The molecule has 2 aromatic rings. The summed E-state index contributed by atoms with van der Waals surface area (Å²) in [6, 6.07) is 12.2. The minimum absolute atomic E-state index is 0.501. The van der Waals surface area contributed by atoms with Crippen molar-refractivity contribution in [2.45, 2.75) is 37.8 Å². The number of benzene rings is 1. The van der Waals surface area contributed by atoms with Gasteiger partial charge in [-0.25, -0.2) is 0 Å². The van der Waals surface area contributed by atoms with Crippen LogP contribution in [0.15, 0.2) is 36.5 Å². The maximum Gasteiger partial charge on any atom is 0.0702 e. The Kier molecular flexibility index (Phi) is 3.40. The Labute approximate surface area is 126 Å². The summed E-state index contributed by atoms with van der Waals surface area (Å²) in [6.07, 6.45) is 7.15. The van der Waals surface area contributed by atoms with Crippen LogP contribution in [0.2, 0.25) is 0 Å². The minimum atomic E-state index is 0.501. The first-order valence-electron chi connectivity index (χ1n) is 8.17. The molecular formula is C18H23N3. The second kappa shape index (κ2) is 5.39. The summed E-state index contributed by atoms with van der Waals surface area (Å²) in [5.74, 6) is 0.591. The van der Waals surface area contributed by atoms with Gasteiger partial charge in [-0.05, 0) is 68.5 Å². The van der Waals surface area contributed by atoms with E-state index in [0.717, 1.165) is 18.1 Å². The lowest BCUT2D eigenvalue weighted by atomic mass is 9.84. The molecule has 21 heavy (non-hydrogen) atoms. The summed E-state index contributed by atoms with van der Waals surface area (Å²) >= 11 is 0. The van der Waals surface area contributed by atoms with Crippen LogP contribution >= 0.6 is 0 Å². The average molecular weight is 281 g/mol. The van der Waals surface area contributed by atoms with Crippen molar-refractivity contribution in [3.05, 3.63) is 42.1 Å². The third kappa shape index (κ3) is 2.45. The lowest BCUT2D eigenvalue weighted by molar-refractivity contribution is 0.0881. The van der Waals surface area contributed by atoms with E-state index in [9.17, 15) is 0 Å². The van der Waals surface area contributed by atoms with Crippen LogP contribution in [0.4, 0.5) is 0 Å². The van der Waals surface area contributed by atoms with Gasteiger partial charge in [0.25, 0.3) is 0 Å². The highest BCUT2D eigenvalue weighted by molar-refractivity contribution is 5.79. The molecule has 2 N–H and O–H groups in total. The van der Waals surface area contributed by atoms with Gasteiger partial charge in [-0.2, -0.15) is 0 Å². The monoisotopic (exact) mass is 281 g/mol. The third-order valence-electron chi connectivity index (χ3n) is 5.08. The summed E-state index contributed by atoms with van der Waals surface area (Å²) in [6.45, 7) is 2.02. The standard InChI is InChI=1S/C18H23N3/c19-12-15-4-2-10-21(16-6-7-16)18(15)14-5-8-17-13(11-14)3-1-9-20-17/h1,3,5,8-9,11,15-16,18H,2,4,6-7,10,12,19H2. The highest BCUT2D eigenvalue weighted by Crippen LogP contribution is 2.42. The number of piperidine rings is 1. The van der Waals surface area contributed by atoms with Gasteiger partial charge in [-0.1, -0.05) is 12.1 Å². The molecule has 0 bridgehead atoms. The van der Waals surface area contributed by atoms with Crippen molar-refractivity contribution in [2.24, 2.45) is 11.7 Å². The van der Waals surface area contributed by atoms with Gasteiger partial charge < -0.3 is 5.73 Å². The van der Waals surface area contributed by atoms with E-state index in [1.807, 2.05) is 12.3 Å². The average Bonchev–Trinajstić information content (AvgIpc) is 3.38. The maximum atomic E-state index is 6.09. The van der Waals surface area contributed by atoms with Crippen molar-refractivity contribution in [2.75, 3.05) is 13.1 Å². The molecule has 2 fully saturated rings. The number of nitrogens with zero attached hydrogens (tertiary/aromatic N) is 2. The highest BCUT2D eigenvalue weighted by atomic mass is 15.2. The molecule has 3 nitrogen and oxygen atoms in total. The zero-order chi connectivity index (χ0) is 14.2. The molecule has 2 atom stereocenters. The first kappa shape index (κ1) is 13.2. The fourth-order valence-electron chi connectivity index (χ4n) is 3.91. The van der Waals surface area contributed by atoms with Gasteiger partial charge >= 0.3 is 0 Å². The Morgan fingerprint density at radius 2 is 2.10 bits per heavy atom. The second-order valence-electron chi connectivity index (χ2n) is 6.51. The smallest absolute Gasteiger partial charge is 0.0702 e. The SMILES string of the molecule is NCC1CCCN(C2CC2)C1c1ccc2ncccc2c1. The van der Waals surface area contributed by atoms with E-state index >= 15 is 0 Å². The highest BCUT2D eigenvalue weighted by Gasteiger charge is 2.39. The summed E-state index contributed by atoms with van der Waals surface area (Å²) in [5.41, 5.74) is 8.60. The van der Waals surface area contributed by atoms with Crippen molar-refractivity contribution in [3.8, 4) is 0 Å². The van der Waals surface area contributed by atoms with Crippen LogP contribution in [0.25, 0.3) is 10.9 Å². The first-order chi connectivity index (χ1) is 10.4. The molecule has 2 unspecified atom stereocenters. The molecule has 0 radical (unpaired) electrons. The Hall–Kier alpha value is -1.45. The Balaban J connectivity index is 1.74. The predicted molar refractivity (Wildman–Crippen MR) is 86.0 cm³/mol. The topological polar surface area (TPSA) is 42.1 Å². The van der Waals surface area contributed by atoms with Crippen LogP contribution in [0, 0.1) is 5.92 Å². The van der Waals surface area contributed by atoms with Gasteiger partial charge in [-0.3, -0.25) is 9.88 Å². The largest absolute Gasteiger partial charge is 0.330 e. The maximum absolute atomic E-state index is 6.09. The van der Waals surface area contributed by atoms with E-state index in [1.165, 1.54) is 43.2 Å².